The van der Waals surface area contributed by atoms with Crippen LogP contribution in [0.25, 0.3) is 11.1 Å². The fourth-order valence-electron chi connectivity index (χ4n) is 5.03. The van der Waals surface area contributed by atoms with E-state index in [1.165, 1.54) is 19.3 Å². The van der Waals surface area contributed by atoms with Crippen LogP contribution in [0.2, 0.25) is 0 Å². The van der Waals surface area contributed by atoms with Crippen LogP contribution < -0.4 is 5.32 Å². The van der Waals surface area contributed by atoms with Gasteiger partial charge in [0.2, 0.25) is 0 Å². The van der Waals surface area contributed by atoms with E-state index in [9.17, 15) is 4.79 Å². The van der Waals surface area contributed by atoms with Gasteiger partial charge in [-0.1, -0.05) is 19.4 Å². The first-order valence-electron chi connectivity index (χ1n) is 10.2. The number of benzene rings is 1. The number of aromatic nitrogens is 1. The molecule has 2 aliphatic heterocycles. The van der Waals surface area contributed by atoms with Gasteiger partial charge in [-0.3, -0.25) is 9.69 Å². The molecule has 5 nitrogen and oxygen atoms in total. The van der Waals surface area contributed by atoms with E-state index in [1.54, 1.807) is 0 Å². The molecule has 138 valence electrons. The molecule has 2 unspecified atom stereocenters. The van der Waals surface area contributed by atoms with Gasteiger partial charge in [0.1, 0.15) is 5.52 Å². The highest BCUT2D eigenvalue weighted by Crippen LogP contribution is 2.41. The number of piperidine rings is 2. The Kier molecular flexibility index (Phi) is 4.00. The van der Waals surface area contributed by atoms with E-state index < -0.39 is 0 Å². The van der Waals surface area contributed by atoms with E-state index in [0.29, 0.717) is 23.6 Å². The van der Waals surface area contributed by atoms with Gasteiger partial charge in [-0.05, 0) is 57.2 Å². The highest BCUT2D eigenvalue weighted by molar-refractivity contribution is 6.04. The normalized spacial score (nSPS) is 29.0. The lowest BCUT2D eigenvalue weighted by Crippen LogP contribution is -2.56. The highest BCUT2D eigenvalue weighted by Gasteiger charge is 2.38. The van der Waals surface area contributed by atoms with E-state index in [4.69, 9.17) is 4.42 Å². The molecule has 1 aromatic heterocycles. The van der Waals surface area contributed by atoms with Crippen LogP contribution in [0.1, 0.15) is 74.0 Å². The number of hydrogen-bond acceptors (Lipinski definition) is 4. The molecule has 2 bridgehead atoms. The van der Waals surface area contributed by atoms with E-state index in [2.05, 4.69) is 22.1 Å². The van der Waals surface area contributed by atoms with Crippen molar-refractivity contribution < 1.29 is 9.21 Å². The fraction of sp³-hybridized carbons (Fsp3) is 0.619. The molecule has 1 N–H and O–H groups in total. The van der Waals surface area contributed by atoms with Crippen LogP contribution in [0.15, 0.2) is 22.6 Å². The monoisotopic (exact) mass is 353 g/mol. The Hall–Kier alpha value is -1.88. The van der Waals surface area contributed by atoms with Gasteiger partial charge in [-0.25, -0.2) is 4.98 Å². The molecule has 26 heavy (non-hydrogen) atoms. The summed E-state index contributed by atoms with van der Waals surface area (Å²) in [6.45, 7) is 3.38. The third kappa shape index (κ3) is 2.82. The second-order valence-electron chi connectivity index (χ2n) is 8.19. The number of carbonyl (C=O) groups excluding carboxylic acids is 1. The summed E-state index contributed by atoms with van der Waals surface area (Å²) in [6, 6.07) is 7.21. The predicted molar refractivity (Wildman–Crippen MR) is 100 cm³/mol. The Bertz CT molecular complexity index is 812. The molecule has 0 spiro atoms. The zero-order chi connectivity index (χ0) is 17.7. The van der Waals surface area contributed by atoms with Crippen LogP contribution in [0.5, 0.6) is 0 Å². The smallest absolute Gasteiger partial charge is 0.253 e. The van der Waals surface area contributed by atoms with Crippen molar-refractivity contribution in [1.82, 2.24) is 15.2 Å². The zero-order valence-corrected chi connectivity index (χ0v) is 15.4. The summed E-state index contributed by atoms with van der Waals surface area (Å²) in [4.78, 5) is 20.3. The summed E-state index contributed by atoms with van der Waals surface area (Å²) in [5.74, 6) is 1.25. The van der Waals surface area contributed by atoms with Crippen LogP contribution in [-0.4, -0.2) is 40.5 Å². The molecule has 5 rings (SSSR count). The van der Waals surface area contributed by atoms with Gasteiger partial charge >= 0.3 is 0 Å². The van der Waals surface area contributed by atoms with Crippen molar-refractivity contribution in [3.63, 3.8) is 0 Å². The molecule has 1 saturated carbocycles. The maximum absolute atomic E-state index is 13.0. The Labute approximate surface area is 154 Å². The number of hydrogen-bond donors (Lipinski definition) is 1. The van der Waals surface area contributed by atoms with Crippen molar-refractivity contribution in [1.29, 1.82) is 0 Å². The van der Waals surface area contributed by atoms with Crippen LogP contribution in [0.3, 0.4) is 0 Å². The molecule has 2 aromatic rings. The molecule has 3 aliphatic rings. The third-order valence-corrected chi connectivity index (χ3v) is 6.43. The first-order valence-corrected chi connectivity index (χ1v) is 10.2. The molecule has 5 heteroatoms. The molecule has 3 heterocycles. The largest absolute Gasteiger partial charge is 0.440 e. The topological polar surface area (TPSA) is 58.4 Å². The summed E-state index contributed by atoms with van der Waals surface area (Å²) >= 11 is 0. The minimum Gasteiger partial charge on any atom is -0.440 e. The maximum Gasteiger partial charge on any atom is 0.253 e. The Balaban J connectivity index is 1.35. The van der Waals surface area contributed by atoms with Crippen molar-refractivity contribution in [3.8, 4) is 0 Å². The van der Waals surface area contributed by atoms with Crippen molar-refractivity contribution in [3.05, 3.63) is 29.7 Å². The van der Waals surface area contributed by atoms with Gasteiger partial charge in [0.25, 0.3) is 5.91 Å². The van der Waals surface area contributed by atoms with E-state index >= 15 is 0 Å². The Morgan fingerprint density at radius 1 is 1.23 bits per heavy atom. The second-order valence-corrected chi connectivity index (χ2v) is 8.19. The quantitative estimate of drug-likeness (QED) is 0.907. The van der Waals surface area contributed by atoms with Crippen molar-refractivity contribution in [2.45, 2.75) is 75.9 Å². The number of fused-ring (bicyclic) bond motifs is 3. The van der Waals surface area contributed by atoms with Gasteiger partial charge in [-0.2, -0.15) is 0 Å². The summed E-state index contributed by atoms with van der Waals surface area (Å²) in [5.41, 5.74) is 2.11. The van der Waals surface area contributed by atoms with E-state index in [-0.39, 0.29) is 11.9 Å². The SMILES string of the molecule is CCN1C2CCCC1CC(NC(=O)c1cccc3oc(C4CC4)nc13)C2. The highest BCUT2D eigenvalue weighted by atomic mass is 16.3. The number of nitrogens with zero attached hydrogens (tertiary/aromatic N) is 2. The molecule has 3 fully saturated rings. The first kappa shape index (κ1) is 16.3. The number of oxazole rings is 1. The fourth-order valence-corrected chi connectivity index (χ4v) is 5.03. The van der Waals surface area contributed by atoms with Gasteiger partial charge in [0.05, 0.1) is 5.56 Å². The van der Waals surface area contributed by atoms with Crippen molar-refractivity contribution in [2.75, 3.05) is 6.54 Å². The maximum atomic E-state index is 13.0. The standard InChI is InChI=1S/C21H27N3O2/c1-2-24-15-5-3-6-16(24)12-14(11-15)22-20(25)17-7-4-8-18-19(17)23-21(26-18)13-9-10-13/h4,7-8,13-16H,2-3,5-6,9-12H2,1H3,(H,22,25). The summed E-state index contributed by atoms with van der Waals surface area (Å²) in [5, 5.41) is 3.31. The number of para-hydroxylation sites is 1. The van der Waals surface area contributed by atoms with E-state index in [1.807, 2.05) is 18.2 Å². The molecule has 0 radical (unpaired) electrons. The number of amides is 1. The molecule has 2 atom stereocenters. The van der Waals surface area contributed by atoms with Gasteiger partial charge in [0, 0.05) is 24.0 Å². The lowest BCUT2D eigenvalue weighted by molar-refractivity contribution is 0.0288. The minimum absolute atomic E-state index is 0.000677. The number of rotatable bonds is 4. The van der Waals surface area contributed by atoms with Crippen LogP contribution >= 0.6 is 0 Å². The molecule has 1 aromatic carbocycles. The second kappa shape index (κ2) is 6.38. The van der Waals surface area contributed by atoms with Crippen LogP contribution in [0.4, 0.5) is 0 Å². The van der Waals surface area contributed by atoms with Crippen LogP contribution in [-0.2, 0) is 0 Å². The average Bonchev–Trinajstić information content (AvgIpc) is 3.39. The molecular formula is C21H27N3O2. The average molecular weight is 353 g/mol. The molecular weight excluding hydrogens is 326 g/mol. The molecule has 1 aliphatic carbocycles. The lowest BCUT2D eigenvalue weighted by Gasteiger charge is -2.48. The number of carbonyl (C=O) groups is 1. The predicted octanol–water partition coefficient (Wildman–Crippen LogP) is 3.84. The van der Waals surface area contributed by atoms with Gasteiger partial charge in [0.15, 0.2) is 11.5 Å². The Morgan fingerprint density at radius 2 is 2.00 bits per heavy atom. The summed E-state index contributed by atoms with van der Waals surface area (Å²) in [7, 11) is 0. The van der Waals surface area contributed by atoms with Gasteiger partial charge in [-0.15, -0.1) is 0 Å². The molecule has 2 saturated heterocycles. The Morgan fingerprint density at radius 3 is 2.69 bits per heavy atom. The first-order chi connectivity index (χ1) is 12.7. The van der Waals surface area contributed by atoms with Crippen molar-refractivity contribution >= 4 is 17.0 Å². The van der Waals surface area contributed by atoms with Crippen LogP contribution in [0, 0.1) is 0 Å². The summed E-state index contributed by atoms with van der Waals surface area (Å²) in [6.07, 6.45) is 8.28. The third-order valence-electron chi connectivity index (χ3n) is 6.43. The zero-order valence-electron chi connectivity index (χ0n) is 15.4. The van der Waals surface area contributed by atoms with Gasteiger partial charge < -0.3 is 9.73 Å². The van der Waals surface area contributed by atoms with Crippen molar-refractivity contribution in [2.24, 2.45) is 0 Å². The van der Waals surface area contributed by atoms with E-state index in [0.717, 1.165) is 49.2 Å². The molecule has 1 amide bonds. The number of nitrogens with one attached hydrogen (secondary N) is 1. The minimum atomic E-state index is -0.000677. The lowest BCUT2D eigenvalue weighted by atomic mass is 9.81. The summed E-state index contributed by atoms with van der Waals surface area (Å²) < 4.78 is 5.86.